The van der Waals surface area contributed by atoms with Crippen molar-refractivity contribution in [1.29, 1.82) is 0 Å². The van der Waals surface area contributed by atoms with Crippen LogP contribution in [0.1, 0.15) is 26.5 Å². The predicted molar refractivity (Wildman–Crippen MR) is 82.7 cm³/mol. The minimum Gasteiger partial charge on any atom is -0.389 e. The summed E-state index contributed by atoms with van der Waals surface area (Å²) in [4.78, 5) is 8.12. The van der Waals surface area contributed by atoms with Crippen LogP contribution in [-0.2, 0) is 6.54 Å². The third kappa shape index (κ3) is 4.38. The van der Waals surface area contributed by atoms with Crippen molar-refractivity contribution < 1.29 is 5.11 Å². The maximum absolute atomic E-state index is 9.89. The van der Waals surface area contributed by atoms with Gasteiger partial charge in [0.05, 0.1) is 16.2 Å². The van der Waals surface area contributed by atoms with E-state index in [-0.39, 0.29) is 0 Å². The van der Waals surface area contributed by atoms with Gasteiger partial charge in [-0.1, -0.05) is 13.0 Å². The Morgan fingerprint density at radius 1 is 1.37 bits per heavy atom. The summed E-state index contributed by atoms with van der Waals surface area (Å²) >= 11 is 3.41. The summed E-state index contributed by atoms with van der Waals surface area (Å²) in [5.41, 5.74) is 0.419. The average molecular weight is 296 g/mol. The van der Waals surface area contributed by atoms with Gasteiger partial charge >= 0.3 is 0 Å². The fourth-order valence-electron chi connectivity index (χ4n) is 1.95. The molecule has 2 aromatic rings. The van der Waals surface area contributed by atoms with Crippen molar-refractivity contribution in [2.24, 2.45) is 0 Å². The molecule has 1 N–H and O–H groups in total. The van der Waals surface area contributed by atoms with Gasteiger partial charge in [-0.25, -0.2) is 4.98 Å². The Hall–Kier alpha value is -0.750. The van der Waals surface area contributed by atoms with E-state index >= 15 is 0 Å². The molecule has 0 atom stereocenters. The molecular formula is C14H20N2OS2. The Balaban J connectivity index is 2.03. The van der Waals surface area contributed by atoms with E-state index in [1.165, 1.54) is 4.88 Å². The fraction of sp³-hybridized carbons (Fsp3) is 0.500. The number of hydrogen-bond acceptors (Lipinski definition) is 5. The first-order valence-corrected chi connectivity index (χ1v) is 8.17. The molecule has 0 bridgehead atoms. The molecule has 2 aromatic heterocycles. The second-order valence-electron chi connectivity index (χ2n) is 5.24. The molecule has 3 nitrogen and oxygen atoms in total. The lowest BCUT2D eigenvalue weighted by atomic mass is 10.1. The summed E-state index contributed by atoms with van der Waals surface area (Å²) in [5.74, 6) is 0. The third-order valence-electron chi connectivity index (χ3n) is 2.73. The molecule has 0 radical (unpaired) electrons. The molecule has 0 amide bonds. The molecule has 2 rings (SSSR count). The maximum Gasteiger partial charge on any atom is 0.133 e. The van der Waals surface area contributed by atoms with E-state index in [1.807, 2.05) is 19.9 Å². The molecule has 0 saturated heterocycles. The van der Waals surface area contributed by atoms with E-state index in [0.29, 0.717) is 6.54 Å². The van der Waals surface area contributed by atoms with Crippen LogP contribution in [0.5, 0.6) is 0 Å². The lowest BCUT2D eigenvalue weighted by molar-refractivity contribution is 0.0350. The van der Waals surface area contributed by atoms with Gasteiger partial charge in [-0.3, -0.25) is 4.90 Å². The summed E-state index contributed by atoms with van der Waals surface area (Å²) in [6.45, 7) is 8.16. The average Bonchev–Trinajstić information content (AvgIpc) is 2.95. The molecule has 0 aliphatic rings. The number of aromatic nitrogens is 1. The molecule has 0 aliphatic carbocycles. The second kappa shape index (κ2) is 6.13. The molecule has 104 valence electrons. The first-order chi connectivity index (χ1) is 8.98. The van der Waals surface area contributed by atoms with Gasteiger partial charge in [0.1, 0.15) is 5.01 Å². The number of nitrogens with zero attached hydrogens (tertiary/aromatic N) is 2. The van der Waals surface area contributed by atoms with Crippen LogP contribution in [0.25, 0.3) is 9.88 Å². The molecule has 0 fully saturated rings. The van der Waals surface area contributed by atoms with Crippen LogP contribution in [0.3, 0.4) is 0 Å². The second-order valence-corrected chi connectivity index (χ2v) is 7.04. The van der Waals surface area contributed by atoms with Crippen molar-refractivity contribution in [2.45, 2.75) is 32.9 Å². The van der Waals surface area contributed by atoms with Crippen LogP contribution in [0.4, 0.5) is 0 Å². The molecule has 0 aromatic carbocycles. The van der Waals surface area contributed by atoms with E-state index in [0.717, 1.165) is 23.8 Å². The molecule has 19 heavy (non-hydrogen) atoms. The molecule has 2 heterocycles. The summed E-state index contributed by atoms with van der Waals surface area (Å²) in [7, 11) is 0. The van der Waals surface area contributed by atoms with Crippen molar-refractivity contribution in [3.05, 3.63) is 28.6 Å². The maximum atomic E-state index is 9.89. The SMILES string of the molecule is CCN(Cc1csc(-c2cccs2)n1)CC(C)(C)O. The number of hydrogen-bond donors (Lipinski definition) is 1. The highest BCUT2D eigenvalue weighted by atomic mass is 32.1. The highest BCUT2D eigenvalue weighted by Gasteiger charge is 2.18. The Labute approximate surface area is 122 Å². The zero-order valence-electron chi connectivity index (χ0n) is 11.6. The van der Waals surface area contributed by atoms with Crippen LogP contribution in [0.15, 0.2) is 22.9 Å². The van der Waals surface area contributed by atoms with Crippen molar-refractivity contribution in [2.75, 3.05) is 13.1 Å². The van der Waals surface area contributed by atoms with Gasteiger partial charge in [0, 0.05) is 18.5 Å². The highest BCUT2D eigenvalue weighted by Crippen LogP contribution is 2.28. The number of thiophene rings is 1. The topological polar surface area (TPSA) is 36.4 Å². The van der Waals surface area contributed by atoms with Gasteiger partial charge in [0.2, 0.25) is 0 Å². The van der Waals surface area contributed by atoms with Crippen molar-refractivity contribution in [3.63, 3.8) is 0 Å². The molecule has 0 saturated carbocycles. The van der Waals surface area contributed by atoms with Crippen molar-refractivity contribution in [3.8, 4) is 9.88 Å². The van der Waals surface area contributed by atoms with E-state index in [9.17, 15) is 5.11 Å². The molecule has 0 spiro atoms. The van der Waals surface area contributed by atoms with Crippen molar-refractivity contribution >= 4 is 22.7 Å². The van der Waals surface area contributed by atoms with Crippen LogP contribution < -0.4 is 0 Å². The first-order valence-electron chi connectivity index (χ1n) is 6.41. The highest BCUT2D eigenvalue weighted by molar-refractivity contribution is 7.20. The quantitative estimate of drug-likeness (QED) is 0.887. The first kappa shape index (κ1) is 14.7. The lowest BCUT2D eigenvalue weighted by Gasteiger charge is -2.27. The Kier molecular flexibility index (Phi) is 4.73. The summed E-state index contributed by atoms with van der Waals surface area (Å²) in [5, 5.41) is 15.2. The van der Waals surface area contributed by atoms with Crippen LogP contribution in [0, 0.1) is 0 Å². The Bertz CT molecular complexity index is 500. The summed E-state index contributed by atoms with van der Waals surface area (Å²) in [6.07, 6.45) is 0. The van der Waals surface area contributed by atoms with Crippen LogP contribution >= 0.6 is 22.7 Å². The Morgan fingerprint density at radius 3 is 2.74 bits per heavy atom. The zero-order valence-corrected chi connectivity index (χ0v) is 13.2. The molecule has 5 heteroatoms. The summed E-state index contributed by atoms with van der Waals surface area (Å²) in [6, 6.07) is 4.15. The van der Waals surface area contributed by atoms with Gasteiger partial charge in [0.15, 0.2) is 0 Å². The minimum atomic E-state index is -0.664. The van der Waals surface area contributed by atoms with E-state index in [4.69, 9.17) is 0 Å². The normalized spacial score (nSPS) is 12.3. The molecule has 0 aliphatic heterocycles. The minimum absolute atomic E-state index is 0.662. The van der Waals surface area contributed by atoms with Gasteiger partial charge in [0.25, 0.3) is 0 Å². The van der Waals surface area contributed by atoms with Crippen LogP contribution in [0.2, 0.25) is 0 Å². The van der Waals surface area contributed by atoms with E-state index in [2.05, 4.69) is 33.6 Å². The molecule has 0 unspecified atom stereocenters. The van der Waals surface area contributed by atoms with E-state index < -0.39 is 5.60 Å². The predicted octanol–water partition coefficient (Wildman–Crippen LogP) is 3.46. The number of aliphatic hydroxyl groups is 1. The standard InChI is InChI=1S/C14H20N2OS2/c1-4-16(10-14(2,3)17)8-11-9-19-13(15-11)12-6-5-7-18-12/h5-7,9,17H,4,8,10H2,1-3H3. The van der Waals surface area contributed by atoms with Gasteiger partial charge in [-0.2, -0.15) is 0 Å². The number of thiazole rings is 1. The molecular weight excluding hydrogens is 276 g/mol. The van der Waals surface area contributed by atoms with Gasteiger partial charge < -0.3 is 5.11 Å². The monoisotopic (exact) mass is 296 g/mol. The third-order valence-corrected chi connectivity index (χ3v) is 4.66. The smallest absolute Gasteiger partial charge is 0.133 e. The lowest BCUT2D eigenvalue weighted by Crippen LogP contribution is -2.38. The number of rotatable bonds is 6. The Morgan fingerprint density at radius 2 is 2.16 bits per heavy atom. The van der Waals surface area contributed by atoms with Crippen molar-refractivity contribution in [1.82, 2.24) is 9.88 Å². The number of likely N-dealkylation sites (N-methyl/N-ethyl adjacent to an activating group) is 1. The van der Waals surface area contributed by atoms with Crippen LogP contribution in [-0.4, -0.2) is 33.7 Å². The van der Waals surface area contributed by atoms with E-state index in [1.54, 1.807) is 22.7 Å². The summed E-state index contributed by atoms with van der Waals surface area (Å²) < 4.78 is 0. The fourth-order valence-corrected chi connectivity index (χ4v) is 3.57. The zero-order chi connectivity index (χ0) is 13.9. The van der Waals surface area contributed by atoms with Gasteiger partial charge in [-0.05, 0) is 31.8 Å². The largest absolute Gasteiger partial charge is 0.389 e. The van der Waals surface area contributed by atoms with Gasteiger partial charge in [-0.15, -0.1) is 22.7 Å².